The molecule has 2 aliphatic rings. The lowest BCUT2D eigenvalue weighted by molar-refractivity contribution is -0.137. The van der Waals surface area contributed by atoms with Crippen molar-refractivity contribution in [2.45, 2.75) is 44.3 Å². The number of nitrogens with zero attached hydrogens (tertiary/aromatic N) is 2. The van der Waals surface area contributed by atoms with E-state index in [2.05, 4.69) is 5.32 Å². The first-order chi connectivity index (χ1) is 11.9. The average molecular weight is 355 g/mol. The standard InChI is InChI=1S/C18H24F3N3O/c19-18(20,21)15-8-4-5-9-16(15)23-10-12-24(13-11-23)17(25)22-14-6-2-1-3-7-14/h4-5,8-9,14H,1-3,6-7,10-13H2,(H,22,25). The van der Waals surface area contributed by atoms with Crippen molar-refractivity contribution in [2.75, 3.05) is 31.1 Å². The second-order valence-electron chi connectivity index (χ2n) is 6.77. The Morgan fingerprint density at radius 2 is 1.64 bits per heavy atom. The first kappa shape index (κ1) is 17.9. The normalized spacial score (nSPS) is 19.8. The Bertz CT molecular complexity index is 591. The third-order valence-corrected chi connectivity index (χ3v) is 5.05. The van der Waals surface area contributed by atoms with Crippen molar-refractivity contribution in [3.05, 3.63) is 29.8 Å². The fourth-order valence-electron chi connectivity index (χ4n) is 3.65. The summed E-state index contributed by atoms with van der Waals surface area (Å²) in [6, 6.07) is 5.78. The monoisotopic (exact) mass is 355 g/mol. The Balaban J connectivity index is 1.58. The summed E-state index contributed by atoms with van der Waals surface area (Å²) in [4.78, 5) is 15.8. The minimum Gasteiger partial charge on any atom is -0.367 e. The van der Waals surface area contributed by atoms with E-state index in [4.69, 9.17) is 0 Å². The highest BCUT2D eigenvalue weighted by molar-refractivity contribution is 5.75. The predicted molar refractivity (Wildman–Crippen MR) is 90.6 cm³/mol. The van der Waals surface area contributed by atoms with E-state index < -0.39 is 11.7 Å². The number of halogens is 3. The lowest BCUT2D eigenvalue weighted by Crippen LogP contribution is -2.54. The molecule has 0 aromatic heterocycles. The number of amides is 2. The summed E-state index contributed by atoms with van der Waals surface area (Å²) < 4.78 is 39.5. The van der Waals surface area contributed by atoms with Crippen LogP contribution in [0.15, 0.2) is 24.3 Å². The zero-order chi connectivity index (χ0) is 17.9. The van der Waals surface area contributed by atoms with Gasteiger partial charge < -0.3 is 15.1 Å². The van der Waals surface area contributed by atoms with Gasteiger partial charge in [0.2, 0.25) is 0 Å². The van der Waals surface area contributed by atoms with Crippen molar-refractivity contribution in [3.63, 3.8) is 0 Å². The van der Waals surface area contributed by atoms with Crippen LogP contribution in [-0.2, 0) is 6.18 Å². The van der Waals surface area contributed by atoms with Gasteiger partial charge in [-0.15, -0.1) is 0 Å². The van der Waals surface area contributed by atoms with Crippen LogP contribution in [0.1, 0.15) is 37.7 Å². The van der Waals surface area contributed by atoms with Crippen molar-refractivity contribution in [1.29, 1.82) is 0 Å². The number of hydrogen-bond acceptors (Lipinski definition) is 2. The summed E-state index contributed by atoms with van der Waals surface area (Å²) in [6.45, 7) is 1.69. The molecule has 25 heavy (non-hydrogen) atoms. The topological polar surface area (TPSA) is 35.6 Å². The van der Waals surface area contributed by atoms with Crippen LogP contribution in [0.2, 0.25) is 0 Å². The Morgan fingerprint density at radius 1 is 1.00 bits per heavy atom. The van der Waals surface area contributed by atoms with Crippen LogP contribution >= 0.6 is 0 Å². The van der Waals surface area contributed by atoms with Crippen LogP contribution < -0.4 is 10.2 Å². The molecule has 3 rings (SSSR count). The Hall–Kier alpha value is -1.92. The van der Waals surface area contributed by atoms with Gasteiger partial charge in [0.05, 0.1) is 5.56 Å². The molecule has 1 aliphatic heterocycles. The van der Waals surface area contributed by atoms with Crippen molar-refractivity contribution in [1.82, 2.24) is 10.2 Å². The Kier molecular flexibility index (Phi) is 5.39. The van der Waals surface area contributed by atoms with Gasteiger partial charge in [-0.3, -0.25) is 0 Å². The number of piperazine rings is 1. The second-order valence-corrected chi connectivity index (χ2v) is 6.77. The lowest BCUT2D eigenvalue weighted by atomic mass is 9.96. The molecule has 0 spiro atoms. The third-order valence-electron chi connectivity index (χ3n) is 5.05. The fraction of sp³-hybridized carbons (Fsp3) is 0.611. The number of benzene rings is 1. The van der Waals surface area contributed by atoms with Crippen LogP contribution in [0.25, 0.3) is 0 Å². The van der Waals surface area contributed by atoms with E-state index in [1.165, 1.54) is 18.6 Å². The number of para-hydroxylation sites is 1. The maximum Gasteiger partial charge on any atom is 0.418 e. The van der Waals surface area contributed by atoms with Crippen LogP contribution in [0, 0.1) is 0 Å². The molecule has 1 saturated carbocycles. The minimum absolute atomic E-state index is 0.0874. The average Bonchev–Trinajstić information content (AvgIpc) is 2.62. The summed E-state index contributed by atoms with van der Waals surface area (Å²) in [5.41, 5.74) is -0.419. The highest BCUT2D eigenvalue weighted by Crippen LogP contribution is 2.36. The number of urea groups is 1. The van der Waals surface area contributed by atoms with Gasteiger partial charge in [0.25, 0.3) is 0 Å². The molecule has 7 heteroatoms. The molecule has 1 heterocycles. The summed E-state index contributed by atoms with van der Waals surface area (Å²) >= 11 is 0. The van der Waals surface area contributed by atoms with Crippen LogP contribution in [-0.4, -0.2) is 43.2 Å². The maximum absolute atomic E-state index is 13.2. The summed E-state index contributed by atoms with van der Waals surface area (Å²) in [5.74, 6) is 0. The number of carbonyl (C=O) groups is 1. The Morgan fingerprint density at radius 3 is 2.28 bits per heavy atom. The predicted octanol–water partition coefficient (Wildman–Crippen LogP) is 3.87. The summed E-state index contributed by atoms with van der Waals surface area (Å²) in [6.07, 6.45) is 1.19. The Labute approximate surface area is 146 Å². The highest BCUT2D eigenvalue weighted by atomic mass is 19.4. The summed E-state index contributed by atoms with van der Waals surface area (Å²) in [5, 5.41) is 3.07. The first-order valence-corrected chi connectivity index (χ1v) is 8.92. The molecular formula is C18H24F3N3O. The number of rotatable bonds is 2. The lowest BCUT2D eigenvalue weighted by Gasteiger charge is -2.38. The molecule has 0 unspecified atom stereocenters. The fourth-order valence-corrected chi connectivity index (χ4v) is 3.65. The number of hydrogen-bond donors (Lipinski definition) is 1. The zero-order valence-corrected chi connectivity index (χ0v) is 14.2. The molecule has 2 amide bonds. The molecule has 0 bridgehead atoms. The van der Waals surface area contributed by atoms with Crippen LogP contribution in [0.4, 0.5) is 23.7 Å². The van der Waals surface area contributed by atoms with Crippen molar-refractivity contribution in [3.8, 4) is 0 Å². The molecule has 1 saturated heterocycles. The molecule has 0 radical (unpaired) electrons. The van der Waals surface area contributed by atoms with Crippen LogP contribution in [0.3, 0.4) is 0 Å². The number of nitrogens with one attached hydrogen (secondary N) is 1. The van der Waals surface area contributed by atoms with Crippen molar-refractivity contribution >= 4 is 11.7 Å². The second kappa shape index (κ2) is 7.54. The van der Waals surface area contributed by atoms with Gasteiger partial charge in [0.1, 0.15) is 0 Å². The summed E-state index contributed by atoms with van der Waals surface area (Å²) in [7, 11) is 0. The molecular weight excluding hydrogens is 331 g/mol. The van der Waals surface area contributed by atoms with E-state index in [-0.39, 0.29) is 17.8 Å². The molecule has 1 aromatic rings. The number of carbonyl (C=O) groups excluding carboxylic acids is 1. The van der Waals surface area contributed by atoms with Gasteiger partial charge in [-0.25, -0.2) is 4.79 Å². The van der Waals surface area contributed by atoms with Crippen molar-refractivity contribution < 1.29 is 18.0 Å². The molecule has 1 aromatic carbocycles. The first-order valence-electron chi connectivity index (χ1n) is 8.92. The molecule has 0 atom stereocenters. The van der Waals surface area contributed by atoms with Gasteiger partial charge in [-0.1, -0.05) is 31.4 Å². The van der Waals surface area contributed by atoms with E-state index in [0.717, 1.165) is 31.7 Å². The number of alkyl halides is 3. The van der Waals surface area contributed by atoms with Crippen LogP contribution in [0.5, 0.6) is 0 Å². The smallest absolute Gasteiger partial charge is 0.367 e. The molecule has 138 valence electrons. The van der Waals surface area contributed by atoms with E-state index in [1.807, 2.05) is 0 Å². The zero-order valence-electron chi connectivity index (χ0n) is 14.2. The van der Waals surface area contributed by atoms with E-state index in [9.17, 15) is 18.0 Å². The van der Waals surface area contributed by atoms with Crippen molar-refractivity contribution in [2.24, 2.45) is 0 Å². The third kappa shape index (κ3) is 4.38. The van der Waals surface area contributed by atoms with Gasteiger partial charge >= 0.3 is 12.2 Å². The molecule has 4 nitrogen and oxygen atoms in total. The minimum atomic E-state index is -4.37. The number of anilines is 1. The maximum atomic E-state index is 13.2. The van der Waals surface area contributed by atoms with Gasteiger partial charge in [-0.2, -0.15) is 13.2 Å². The van der Waals surface area contributed by atoms with E-state index in [1.54, 1.807) is 15.9 Å². The SMILES string of the molecule is O=C(NC1CCCCC1)N1CCN(c2ccccc2C(F)(F)F)CC1. The van der Waals surface area contributed by atoms with E-state index >= 15 is 0 Å². The highest BCUT2D eigenvalue weighted by Gasteiger charge is 2.35. The largest absolute Gasteiger partial charge is 0.418 e. The van der Waals surface area contributed by atoms with E-state index in [0.29, 0.717) is 26.2 Å². The molecule has 1 N–H and O–H groups in total. The van der Waals surface area contributed by atoms with Gasteiger partial charge in [-0.05, 0) is 25.0 Å². The quantitative estimate of drug-likeness (QED) is 0.874. The van der Waals surface area contributed by atoms with Gasteiger partial charge in [0.15, 0.2) is 0 Å². The molecule has 2 fully saturated rings. The molecule has 1 aliphatic carbocycles. The van der Waals surface area contributed by atoms with Gasteiger partial charge in [0, 0.05) is 37.9 Å².